The van der Waals surface area contributed by atoms with Crippen molar-refractivity contribution in [2.45, 2.75) is 32.7 Å². The van der Waals surface area contributed by atoms with E-state index in [0.29, 0.717) is 22.9 Å². The van der Waals surface area contributed by atoms with Crippen LogP contribution in [0.5, 0.6) is 5.75 Å². The number of rotatable bonds is 6. The number of anilines is 1. The molecule has 0 aliphatic carbocycles. The summed E-state index contributed by atoms with van der Waals surface area (Å²) in [4.78, 5) is 0. The number of nitrogens with zero attached hydrogens (tertiary/aromatic N) is 3. The Hall–Kier alpha value is -3.08. The maximum Gasteiger partial charge on any atom is 0.420 e. The highest BCUT2D eigenvalue weighted by atomic mass is 79.9. The van der Waals surface area contributed by atoms with Gasteiger partial charge in [-0.3, -0.25) is 0 Å². The average Bonchev–Trinajstić information content (AvgIpc) is 3.35. The van der Waals surface area contributed by atoms with Gasteiger partial charge in [-0.1, -0.05) is 15.9 Å². The fraction of sp³-hybridized carbons (Fsp3) is 0.250. The maximum absolute atomic E-state index is 13.5. The van der Waals surface area contributed by atoms with Crippen LogP contribution in [0.15, 0.2) is 45.3 Å². The largest absolute Gasteiger partial charge is 0.490 e. The molecule has 7 nitrogen and oxygen atoms in total. The van der Waals surface area contributed by atoms with E-state index in [1.165, 1.54) is 6.07 Å². The van der Waals surface area contributed by atoms with Crippen LogP contribution in [0, 0.1) is 0 Å². The number of nitrogens with one attached hydrogen (secondary N) is 2. The van der Waals surface area contributed by atoms with Crippen molar-refractivity contribution in [3.63, 3.8) is 0 Å². The number of hydrogen-bond acceptors (Lipinski definition) is 6. The van der Waals surface area contributed by atoms with Gasteiger partial charge in [0, 0.05) is 22.1 Å². The Bertz CT molecular complexity index is 1210. The minimum atomic E-state index is -4.53. The predicted molar refractivity (Wildman–Crippen MR) is 112 cm³/mol. The number of tetrazole rings is 1. The van der Waals surface area contributed by atoms with Crippen LogP contribution in [0.4, 0.5) is 18.9 Å². The topological polar surface area (TPSA) is 88.9 Å². The van der Waals surface area contributed by atoms with Gasteiger partial charge in [-0.15, -0.1) is 10.2 Å². The van der Waals surface area contributed by atoms with Crippen LogP contribution in [0.3, 0.4) is 0 Å². The first-order chi connectivity index (χ1) is 14.7. The number of furan rings is 1. The van der Waals surface area contributed by atoms with E-state index in [-0.39, 0.29) is 18.4 Å². The van der Waals surface area contributed by atoms with Crippen LogP contribution in [0.1, 0.15) is 25.0 Å². The van der Waals surface area contributed by atoms with Gasteiger partial charge in [0.1, 0.15) is 11.3 Å². The fourth-order valence-electron chi connectivity index (χ4n) is 3.03. The first kappa shape index (κ1) is 21.2. The highest BCUT2D eigenvalue weighted by molar-refractivity contribution is 9.10. The first-order valence-electron chi connectivity index (χ1n) is 9.28. The highest BCUT2D eigenvalue weighted by Crippen LogP contribution is 2.38. The summed E-state index contributed by atoms with van der Waals surface area (Å²) in [6.07, 6.45) is -4.89. The molecular formula is C20H17BrF3N5O2. The second-order valence-corrected chi connectivity index (χ2v) is 7.91. The van der Waals surface area contributed by atoms with Crippen molar-refractivity contribution in [2.24, 2.45) is 0 Å². The van der Waals surface area contributed by atoms with Crippen LogP contribution < -0.4 is 10.1 Å². The van der Waals surface area contributed by atoms with Crippen molar-refractivity contribution >= 4 is 32.6 Å². The molecule has 2 N–H and O–H groups in total. The molecule has 31 heavy (non-hydrogen) atoms. The summed E-state index contributed by atoms with van der Waals surface area (Å²) in [6, 6.07) is 9.38. The molecule has 0 bridgehead atoms. The zero-order chi connectivity index (χ0) is 22.2. The van der Waals surface area contributed by atoms with Crippen molar-refractivity contribution in [2.75, 3.05) is 5.32 Å². The van der Waals surface area contributed by atoms with Crippen molar-refractivity contribution in [3.8, 4) is 17.3 Å². The Balaban J connectivity index is 1.58. The summed E-state index contributed by atoms with van der Waals surface area (Å²) in [5.41, 5.74) is 0.896. The number of hydrogen-bond donors (Lipinski definition) is 2. The van der Waals surface area contributed by atoms with Gasteiger partial charge in [0.2, 0.25) is 5.82 Å². The predicted octanol–water partition coefficient (Wildman–Crippen LogP) is 5.79. The second-order valence-electron chi connectivity index (χ2n) is 7.06. The molecule has 0 saturated heterocycles. The lowest BCUT2D eigenvalue weighted by Gasteiger charge is -2.18. The minimum absolute atomic E-state index is 0.194. The molecule has 0 amide bonds. The summed E-state index contributed by atoms with van der Waals surface area (Å²) in [5, 5.41) is 17.5. The molecule has 0 radical (unpaired) electrons. The maximum atomic E-state index is 13.5. The average molecular weight is 496 g/mol. The van der Waals surface area contributed by atoms with Crippen molar-refractivity contribution in [3.05, 3.63) is 52.0 Å². The summed E-state index contributed by atoms with van der Waals surface area (Å²) < 4.78 is 52.2. The number of H-pyrrole nitrogens is 1. The number of alkyl halides is 3. The molecule has 2 heterocycles. The van der Waals surface area contributed by atoms with Crippen molar-refractivity contribution in [1.82, 2.24) is 20.6 Å². The molecule has 0 aliphatic rings. The smallest absolute Gasteiger partial charge is 0.420 e. The van der Waals surface area contributed by atoms with E-state index in [2.05, 4.69) is 41.9 Å². The van der Waals surface area contributed by atoms with Crippen LogP contribution in [-0.4, -0.2) is 26.7 Å². The van der Waals surface area contributed by atoms with E-state index in [9.17, 15) is 13.2 Å². The normalized spacial score (nSPS) is 12.0. The van der Waals surface area contributed by atoms with Gasteiger partial charge in [-0.25, -0.2) is 0 Å². The van der Waals surface area contributed by atoms with E-state index in [0.717, 1.165) is 21.5 Å². The molecule has 4 aromatic rings. The molecule has 2 aromatic heterocycles. The van der Waals surface area contributed by atoms with E-state index in [4.69, 9.17) is 9.15 Å². The van der Waals surface area contributed by atoms with E-state index >= 15 is 0 Å². The van der Waals surface area contributed by atoms with E-state index in [1.807, 2.05) is 6.07 Å². The highest BCUT2D eigenvalue weighted by Gasteiger charge is 2.35. The molecule has 0 saturated carbocycles. The second kappa shape index (κ2) is 8.22. The molecule has 4 rings (SSSR count). The quantitative estimate of drug-likeness (QED) is 0.351. The van der Waals surface area contributed by atoms with Gasteiger partial charge in [0.25, 0.3) is 0 Å². The number of fused-ring (bicyclic) bond motifs is 1. The Morgan fingerprint density at radius 1 is 1.19 bits per heavy atom. The zero-order valence-electron chi connectivity index (χ0n) is 16.4. The Kier molecular flexibility index (Phi) is 5.61. The van der Waals surface area contributed by atoms with Crippen LogP contribution in [0.2, 0.25) is 0 Å². The van der Waals surface area contributed by atoms with E-state index in [1.54, 1.807) is 32.0 Å². The minimum Gasteiger partial charge on any atom is -0.490 e. The summed E-state index contributed by atoms with van der Waals surface area (Å²) in [5.74, 6) is 0.590. The van der Waals surface area contributed by atoms with Gasteiger partial charge in [0.05, 0.1) is 11.7 Å². The van der Waals surface area contributed by atoms with E-state index < -0.39 is 11.7 Å². The first-order valence-corrected chi connectivity index (χ1v) is 10.1. The van der Waals surface area contributed by atoms with Crippen LogP contribution in [0.25, 0.3) is 22.6 Å². The number of aromatic amines is 1. The number of ether oxygens (including phenoxy) is 1. The number of benzene rings is 2. The van der Waals surface area contributed by atoms with Crippen LogP contribution in [-0.2, 0) is 12.7 Å². The number of halogens is 4. The monoisotopic (exact) mass is 495 g/mol. The molecule has 0 fully saturated rings. The Morgan fingerprint density at radius 3 is 2.68 bits per heavy atom. The Morgan fingerprint density at radius 2 is 2.00 bits per heavy atom. The lowest BCUT2D eigenvalue weighted by atomic mass is 10.1. The summed E-state index contributed by atoms with van der Waals surface area (Å²) in [7, 11) is 0. The van der Waals surface area contributed by atoms with Gasteiger partial charge in [-0.05, 0) is 61.0 Å². The SMILES string of the molecule is CC(C)Oc1ccc(NCc2cc3oc(-c4nn[nH]n4)cc3cc2Br)cc1C(F)(F)F. The molecule has 0 aliphatic heterocycles. The molecule has 11 heteroatoms. The molecule has 162 valence electrons. The third-order valence-corrected chi connectivity index (χ3v) is 5.12. The van der Waals surface area contributed by atoms with Crippen LogP contribution >= 0.6 is 15.9 Å². The lowest BCUT2D eigenvalue weighted by molar-refractivity contribution is -0.139. The van der Waals surface area contributed by atoms with Gasteiger partial charge < -0.3 is 14.5 Å². The standard InChI is InChI=1S/C20H17BrF3N5O2/c1-10(2)30-16-4-3-13(8-14(16)20(22,23)24)25-9-12-7-17-11(5-15(12)21)6-18(31-17)19-26-28-29-27-19/h3-8,10,25H,9H2,1-2H3,(H,26,27,28,29). The third kappa shape index (κ3) is 4.66. The summed E-state index contributed by atoms with van der Waals surface area (Å²) >= 11 is 3.50. The van der Waals surface area contributed by atoms with Crippen molar-refractivity contribution < 1.29 is 22.3 Å². The van der Waals surface area contributed by atoms with Gasteiger partial charge >= 0.3 is 6.18 Å². The molecular weight excluding hydrogens is 479 g/mol. The van der Waals surface area contributed by atoms with Crippen molar-refractivity contribution in [1.29, 1.82) is 0 Å². The zero-order valence-corrected chi connectivity index (χ0v) is 18.0. The summed E-state index contributed by atoms with van der Waals surface area (Å²) in [6.45, 7) is 3.63. The third-order valence-electron chi connectivity index (χ3n) is 4.38. The number of aromatic nitrogens is 4. The molecule has 0 unspecified atom stereocenters. The fourth-order valence-corrected chi connectivity index (χ4v) is 3.53. The van der Waals surface area contributed by atoms with Gasteiger partial charge in [0.15, 0.2) is 5.76 Å². The Labute approximate surface area is 183 Å². The molecule has 2 aromatic carbocycles. The van der Waals surface area contributed by atoms with Gasteiger partial charge in [-0.2, -0.15) is 18.4 Å². The molecule has 0 atom stereocenters. The lowest BCUT2D eigenvalue weighted by Crippen LogP contribution is -2.13. The molecule has 0 spiro atoms.